The zero-order valence-corrected chi connectivity index (χ0v) is 9.80. The quantitative estimate of drug-likeness (QED) is 0.494. The van der Waals surface area contributed by atoms with Gasteiger partial charge in [0.1, 0.15) is 6.07 Å². The summed E-state index contributed by atoms with van der Waals surface area (Å²) in [5, 5.41) is 20.2. The largest absolute Gasteiger partial charge is 0.462 e. The number of benzene rings is 1. The van der Waals surface area contributed by atoms with Crippen molar-refractivity contribution in [3.05, 3.63) is 41.6 Å². The summed E-state index contributed by atoms with van der Waals surface area (Å²) in [4.78, 5) is 11.3. The Balaban J connectivity index is 2.75. The molecule has 0 heterocycles. The first kappa shape index (κ1) is 13.3. The highest BCUT2D eigenvalue weighted by molar-refractivity contribution is 5.93. The van der Waals surface area contributed by atoms with Crippen molar-refractivity contribution in [3.63, 3.8) is 0 Å². The summed E-state index contributed by atoms with van der Waals surface area (Å²) in [6.45, 7) is 1.88. The standard InChI is InChI=1S/C13H11N3O2/c1-2-18-13(17)11(8-15)9-16-12-5-3-10(7-14)4-6-12/h3-6,9,16H,2H2,1H3/b11-9-. The third-order valence-corrected chi connectivity index (χ3v) is 2.01. The van der Waals surface area contributed by atoms with E-state index in [1.54, 1.807) is 37.3 Å². The van der Waals surface area contributed by atoms with Crippen LogP contribution in [0.4, 0.5) is 5.69 Å². The van der Waals surface area contributed by atoms with Crippen LogP contribution in [0.5, 0.6) is 0 Å². The van der Waals surface area contributed by atoms with E-state index in [2.05, 4.69) is 5.32 Å². The molecule has 0 aromatic heterocycles. The molecule has 5 heteroatoms. The first-order chi connectivity index (χ1) is 8.71. The Morgan fingerprint density at radius 1 is 1.39 bits per heavy atom. The zero-order chi connectivity index (χ0) is 13.4. The summed E-state index contributed by atoms with van der Waals surface area (Å²) in [7, 11) is 0. The maximum absolute atomic E-state index is 11.3. The van der Waals surface area contributed by atoms with Gasteiger partial charge in [-0.1, -0.05) is 0 Å². The second kappa shape index (κ2) is 6.72. The van der Waals surface area contributed by atoms with Gasteiger partial charge < -0.3 is 10.1 Å². The lowest BCUT2D eigenvalue weighted by Crippen LogP contribution is -2.07. The van der Waals surface area contributed by atoms with Gasteiger partial charge in [0.2, 0.25) is 0 Å². The van der Waals surface area contributed by atoms with E-state index >= 15 is 0 Å². The van der Waals surface area contributed by atoms with Crippen LogP contribution < -0.4 is 5.32 Å². The topological polar surface area (TPSA) is 85.9 Å². The third kappa shape index (κ3) is 3.66. The summed E-state index contributed by atoms with van der Waals surface area (Å²) >= 11 is 0. The number of nitrogens with zero attached hydrogens (tertiary/aromatic N) is 2. The lowest BCUT2D eigenvalue weighted by Gasteiger charge is -2.02. The van der Waals surface area contributed by atoms with Crippen LogP contribution in [0.15, 0.2) is 36.0 Å². The highest BCUT2D eigenvalue weighted by atomic mass is 16.5. The van der Waals surface area contributed by atoms with E-state index in [9.17, 15) is 4.79 Å². The number of rotatable bonds is 4. The van der Waals surface area contributed by atoms with Crippen molar-refractivity contribution in [2.75, 3.05) is 11.9 Å². The molecule has 0 atom stereocenters. The van der Waals surface area contributed by atoms with E-state index < -0.39 is 5.97 Å². The Labute approximate surface area is 105 Å². The maximum Gasteiger partial charge on any atom is 0.350 e. The molecule has 0 saturated heterocycles. The Kier molecular flexibility index (Phi) is 4.96. The number of hydrogen-bond acceptors (Lipinski definition) is 5. The minimum Gasteiger partial charge on any atom is -0.462 e. The van der Waals surface area contributed by atoms with Crippen molar-refractivity contribution in [2.24, 2.45) is 0 Å². The van der Waals surface area contributed by atoms with E-state index in [1.165, 1.54) is 6.20 Å². The van der Waals surface area contributed by atoms with Gasteiger partial charge in [0.25, 0.3) is 0 Å². The number of anilines is 1. The van der Waals surface area contributed by atoms with Gasteiger partial charge in [-0.25, -0.2) is 4.79 Å². The molecule has 0 radical (unpaired) electrons. The average molecular weight is 241 g/mol. The number of carbonyl (C=O) groups excluding carboxylic acids is 1. The van der Waals surface area contributed by atoms with Gasteiger partial charge in [-0.2, -0.15) is 10.5 Å². The van der Waals surface area contributed by atoms with Gasteiger partial charge in [0.15, 0.2) is 5.57 Å². The summed E-state index contributed by atoms with van der Waals surface area (Å²) in [6, 6.07) is 10.4. The summed E-state index contributed by atoms with van der Waals surface area (Å²) in [6.07, 6.45) is 1.28. The number of esters is 1. The number of carbonyl (C=O) groups is 1. The Hall–Kier alpha value is -2.79. The van der Waals surface area contributed by atoms with Gasteiger partial charge in [0, 0.05) is 11.9 Å². The van der Waals surface area contributed by atoms with Gasteiger partial charge in [-0.15, -0.1) is 0 Å². The van der Waals surface area contributed by atoms with Crippen molar-refractivity contribution >= 4 is 11.7 Å². The fraction of sp³-hybridized carbons (Fsp3) is 0.154. The SMILES string of the molecule is CCOC(=O)/C(C#N)=C\Nc1ccc(C#N)cc1. The van der Waals surface area contributed by atoms with Crippen LogP contribution >= 0.6 is 0 Å². The normalized spacial score (nSPS) is 10.1. The van der Waals surface area contributed by atoms with Crippen LogP contribution in [-0.4, -0.2) is 12.6 Å². The van der Waals surface area contributed by atoms with Crippen molar-refractivity contribution in [2.45, 2.75) is 6.92 Å². The van der Waals surface area contributed by atoms with Gasteiger partial charge >= 0.3 is 5.97 Å². The minimum atomic E-state index is -0.666. The summed E-state index contributed by atoms with van der Waals surface area (Å²) in [5.41, 5.74) is 1.10. The molecule has 1 aromatic carbocycles. The van der Waals surface area contributed by atoms with Crippen LogP contribution in [-0.2, 0) is 9.53 Å². The van der Waals surface area contributed by atoms with Crippen molar-refractivity contribution in [1.82, 2.24) is 0 Å². The van der Waals surface area contributed by atoms with Crippen LogP contribution in [0.2, 0.25) is 0 Å². The van der Waals surface area contributed by atoms with Gasteiger partial charge in [-0.05, 0) is 31.2 Å². The molecule has 1 N–H and O–H groups in total. The molecule has 0 saturated carbocycles. The minimum absolute atomic E-state index is 0.110. The number of hydrogen-bond donors (Lipinski definition) is 1. The number of nitrogens with one attached hydrogen (secondary N) is 1. The van der Waals surface area contributed by atoms with E-state index in [-0.39, 0.29) is 12.2 Å². The van der Waals surface area contributed by atoms with E-state index in [0.717, 1.165) is 0 Å². The monoisotopic (exact) mass is 241 g/mol. The van der Waals surface area contributed by atoms with Crippen molar-refractivity contribution < 1.29 is 9.53 Å². The Bertz CT molecular complexity index is 533. The average Bonchev–Trinajstić information content (AvgIpc) is 2.40. The molecular formula is C13H11N3O2. The second-order valence-electron chi connectivity index (χ2n) is 3.22. The molecule has 0 unspecified atom stereocenters. The first-order valence-electron chi connectivity index (χ1n) is 5.25. The molecule has 0 amide bonds. The van der Waals surface area contributed by atoms with Crippen LogP contribution in [0.1, 0.15) is 12.5 Å². The molecule has 0 aliphatic heterocycles. The smallest absolute Gasteiger partial charge is 0.350 e. The number of nitriles is 2. The Morgan fingerprint density at radius 3 is 2.56 bits per heavy atom. The predicted octanol–water partition coefficient (Wildman–Crippen LogP) is 1.94. The van der Waals surface area contributed by atoms with Crippen LogP contribution in [0, 0.1) is 22.7 Å². The van der Waals surface area contributed by atoms with E-state index in [4.69, 9.17) is 15.3 Å². The molecular weight excluding hydrogens is 230 g/mol. The van der Waals surface area contributed by atoms with Crippen molar-refractivity contribution in [3.8, 4) is 12.1 Å². The fourth-order valence-corrected chi connectivity index (χ4v) is 1.14. The number of ether oxygens (including phenoxy) is 1. The molecule has 5 nitrogen and oxygen atoms in total. The fourth-order valence-electron chi connectivity index (χ4n) is 1.14. The molecule has 0 fully saturated rings. The zero-order valence-electron chi connectivity index (χ0n) is 9.80. The maximum atomic E-state index is 11.3. The van der Waals surface area contributed by atoms with Gasteiger partial charge in [0.05, 0.1) is 18.2 Å². The van der Waals surface area contributed by atoms with E-state index in [0.29, 0.717) is 11.3 Å². The van der Waals surface area contributed by atoms with E-state index in [1.807, 2.05) is 6.07 Å². The van der Waals surface area contributed by atoms with Gasteiger partial charge in [-0.3, -0.25) is 0 Å². The molecule has 90 valence electrons. The highest BCUT2D eigenvalue weighted by Crippen LogP contribution is 2.09. The molecule has 0 aliphatic carbocycles. The lowest BCUT2D eigenvalue weighted by molar-refractivity contribution is -0.138. The first-order valence-corrected chi connectivity index (χ1v) is 5.25. The molecule has 18 heavy (non-hydrogen) atoms. The molecule has 0 bridgehead atoms. The predicted molar refractivity (Wildman–Crippen MR) is 65.1 cm³/mol. The highest BCUT2D eigenvalue weighted by Gasteiger charge is 2.08. The summed E-state index contributed by atoms with van der Waals surface area (Å²) < 4.78 is 4.71. The molecule has 0 spiro atoms. The Morgan fingerprint density at radius 2 is 2.06 bits per heavy atom. The molecule has 1 rings (SSSR count). The molecule has 1 aromatic rings. The summed E-state index contributed by atoms with van der Waals surface area (Å²) in [5.74, 6) is -0.666. The van der Waals surface area contributed by atoms with Crippen LogP contribution in [0.25, 0.3) is 0 Å². The third-order valence-electron chi connectivity index (χ3n) is 2.01. The molecule has 0 aliphatic rings. The van der Waals surface area contributed by atoms with Crippen LogP contribution in [0.3, 0.4) is 0 Å². The lowest BCUT2D eigenvalue weighted by atomic mass is 10.2. The van der Waals surface area contributed by atoms with Crippen molar-refractivity contribution in [1.29, 1.82) is 10.5 Å². The second-order valence-corrected chi connectivity index (χ2v) is 3.22.